The topological polar surface area (TPSA) is 72.6 Å². The van der Waals surface area contributed by atoms with E-state index in [2.05, 4.69) is 4.74 Å². The van der Waals surface area contributed by atoms with Crippen molar-refractivity contribution < 1.29 is 23.5 Å². The summed E-state index contributed by atoms with van der Waals surface area (Å²) in [7, 11) is 0. The van der Waals surface area contributed by atoms with Crippen LogP contribution in [0.5, 0.6) is 11.5 Å². The molecule has 1 aromatic rings. The van der Waals surface area contributed by atoms with Gasteiger partial charge in [-0.15, -0.1) is 0 Å². The normalized spacial score (nSPS) is 11.6. The lowest BCUT2D eigenvalue weighted by molar-refractivity contribution is -0.385. The minimum atomic E-state index is -3.87. The molecule has 5 nitrogen and oxygen atoms in total. The fourth-order valence-electron chi connectivity index (χ4n) is 0.923. The van der Waals surface area contributed by atoms with Crippen molar-refractivity contribution in [2.24, 2.45) is 0 Å². The molecule has 0 atom stereocenters. The number of rotatable bonds is 4. The van der Waals surface area contributed by atoms with Crippen molar-refractivity contribution in [2.45, 2.75) is 10.9 Å². The number of alkyl halides is 4. The van der Waals surface area contributed by atoms with Crippen molar-refractivity contribution in [1.82, 2.24) is 0 Å². The average molecular weight is 288 g/mol. The molecule has 0 aromatic heterocycles. The van der Waals surface area contributed by atoms with Crippen molar-refractivity contribution in [3.63, 3.8) is 0 Å². The number of halogens is 4. The Kier molecular flexibility index (Phi) is 3.94. The number of benzene rings is 1. The Morgan fingerprint density at radius 2 is 2.06 bits per heavy atom. The van der Waals surface area contributed by atoms with Gasteiger partial charge in [0.15, 0.2) is 5.75 Å². The molecule has 94 valence electrons. The third-order valence-electron chi connectivity index (χ3n) is 1.65. The maximum Gasteiger partial charge on any atom is 0.428 e. The molecule has 17 heavy (non-hydrogen) atoms. The number of hydrogen-bond donors (Lipinski definition) is 1. The van der Waals surface area contributed by atoms with Crippen LogP contribution in [0.1, 0.15) is 0 Å². The van der Waals surface area contributed by atoms with Crippen molar-refractivity contribution >= 4 is 28.9 Å². The maximum atomic E-state index is 12.9. The summed E-state index contributed by atoms with van der Waals surface area (Å²) in [5.74, 6) is -1.30. The van der Waals surface area contributed by atoms with Crippen molar-refractivity contribution in [3.05, 3.63) is 28.3 Å². The Morgan fingerprint density at radius 3 is 2.47 bits per heavy atom. The fourth-order valence-corrected chi connectivity index (χ4v) is 1.01. The molecule has 0 aliphatic heterocycles. The lowest BCUT2D eigenvalue weighted by Gasteiger charge is -2.18. The minimum Gasteiger partial charge on any atom is -0.502 e. The van der Waals surface area contributed by atoms with Gasteiger partial charge in [0.2, 0.25) is 4.84 Å². The number of nitro benzene ring substituents is 1. The number of ether oxygens (including phenoxy) is 1. The van der Waals surface area contributed by atoms with Gasteiger partial charge in [0.25, 0.3) is 0 Å². The summed E-state index contributed by atoms with van der Waals surface area (Å²) >= 11 is 9.92. The predicted octanol–water partition coefficient (Wildman–Crippen LogP) is 3.08. The maximum absolute atomic E-state index is 12.9. The van der Waals surface area contributed by atoms with E-state index in [4.69, 9.17) is 28.3 Å². The molecule has 0 unspecified atom stereocenters. The summed E-state index contributed by atoms with van der Waals surface area (Å²) < 4.78 is 29.9. The van der Waals surface area contributed by atoms with Crippen LogP contribution in [-0.4, -0.2) is 21.0 Å². The number of nitrogens with zero attached hydrogens (tertiary/aromatic N) is 1. The number of aromatic hydroxyl groups is 1. The highest BCUT2D eigenvalue weighted by atomic mass is 35.5. The molecular weight excluding hydrogens is 283 g/mol. The van der Waals surface area contributed by atoms with Crippen LogP contribution in [0.3, 0.4) is 0 Å². The Bertz CT molecular complexity index is 442. The number of phenols is 1. The molecule has 0 bridgehead atoms. The first-order valence-electron chi connectivity index (χ1n) is 4.06. The third-order valence-corrected chi connectivity index (χ3v) is 2.16. The van der Waals surface area contributed by atoms with Gasteiger partial charge in [-0.25, -0.2) is 0 Å². The second-order valence-corrected chi connectivity index (χ2v) is 3.97. The lowest BCUT2D eigenvalue weighted by atomic mass is 10.3. The molecule has 0 saturated carbocycles. The smallest absolute Gasteiger partial charge is 0.428 e. The lowest BCUT2D eigenvalue weighted by Crippen LogP contribution is -2.32. The van der Waals surface area contributed by atoms with E-state index in [0.717, 1.165) is 12.1 Å². The number of hydrogen-bond acceptors (Lipinski definition) is 4. The van der Waals surface area contributed by atoms with Gasteiger partial charge in [-0.2, -0.15) is 8.78 Å². The van der Waals surface area contributed by atoms with E-state index in [9.17, 15) is 18.9 Å². The molecule has 0 saturated heterocycles. The Hall–Kier alpha value is -1.34. The minimum absolute atomic E-state index is 0.496. The Labute approximate surface area is 104 Å². The quantitative estimate of drug-likeness (QED) is 0.525. The Balaban J connectivity index is 2.96. The first-order chi connectivity index (χ1) is 7.74. The van der Waals surface area contributed by atoms with E-state index in [1.165, 1.54) is 0 Å². The third kappa shape index (κ3) is 3.31. The standard InChI is InChI=1S/C8H5Cl2F2NO4/c9-7(10)8(11,12)17-4-1-2-5(13(15)16)6(14)3-4/h1-3,7,14H. The summed E-state index contributed by atoms with van der Waals surface area (Å²) in [6.07, 6.45) is -3.87. The van der Waals surface area contributed by atoms with E-state index >= 15 is 0 Å². The molecule has 0 aliphatic carbocycles. The van der Waals surface area contributed by atoms with E-state index in [-0.39, 0.29) is 0 Å². The summed E-state index contributed by atoms with van der Waals surface area (Å²) in [6, 6.07) is 2.38. The molecule has 0 heterocycles. The van der Waals surface area contributed by atoms with E-state index in [0.29, 0.717) is 6.07 Å². The number of nitro groups is 1. The van der Waals surface area contributed by atoms with Crippen LogP contribution in [0.25, 0.3) is 0 Å². The monoisotopic (exact) mass is 287 g/mol. The van der Waals surface area contributed by atoms with Gasteiger partial charge in [-0.3, -0.25) is 10.1 Å². The van der Waals surface area contributed by atoms with Gasteiger partial charge in [-0.05, 0) is 6.07 Å². The van der Waals surface area contributed by atoms with Crippen molar-refractivity contribution in [2.75, 3.05) is 0 Å². The predicted molar refractivity (Wildman–Crippen MR) is 55.8 cm³/mol. The van der Waals surface area contributed by atoms with Crippen LogP contribution in [0.4, 0.5) is 14.5 Å². The summed E-state index contributed by atoms with van der Waals surface area (Å²) in [5.41, 5.74) is -0.631. The summed E-state index contributed by atoms with van der Waals surface area (Å²) in [6.45, 7) is 0. The van der Waals surface area contributed by atoms with Crippen LogP contribution in [-0.2, 0) is 0 Å². The van der Waals surface area contributed by atoms with E-state index in [1.807, 2.05) is 0 Å². The highest BCUT2D eigenvalue weighted by Crippen LogP contribution is 2.34. The molecule has 0 spiro atoms. The zero-order valence-electron chi connectivity index (χ0n) is 7.94. The van der Waals surface area contributed by atoms with Crippen molar-refractivity contribution in [3.8, 4) is 11.5 Å². The fraction of sp³-hybridized carbons (Fsp3) is 0.250. The van der Waals surface area contributed by atoms with Crippen molar-refractivity contribution in [1.29, 1.82) is 0 Å². The molecule has 1 aromatic carbocycles. The second-order valence-electron chi connectivity index (χ2n) is 2.87. The molecule has 0 radical (unpaired) electrons. The van der Waals surface area contributed by atoms with E-state index < -0.39 is 33.1 Å². The molecule has 0 amide bonds. The average Bonchev–Trinajstić information content (AvgIpc) is 2.15. The van der Waals surface area contributed by atoms with Gasteiger partial charge in [0.1, 0.15) is 5.75 Å². The molecule has 1 N–H and O–H groups in total. The highest BCUT2D eigenvalue weighted by molar-refractivity contribution is 6.44. The zero-order valence-corrected chi connectivity index (χ0v) is 9.45. The summed E-state index contributed by atoms with van der Waals surface area (Å²) in [5, 5.41) is 19.5. The van der Waals surface area contributed by atoms with Gasteiger partial charge in [-0.1, -0.05) is 23.2 Å². The molecule has 9 heteroatoms. The van der Waals surface area contributed by atoms with Gasteiger partial charge < -0.3 is 9.84 Å². The molecular formula is C8H5Cl2F2NO4. The zero-order chi connectivity index (χ0) is 13.2. The van der Waals surface area contributed by atoms with Gasteiger partial charge >= 0.3 is 11.8 Å². The highest BCUT2D eigenvalue weighted by Gasteiger charge is 2.40. The van der Waals surface area contributed by atoms with Gasteiger partial charge in [0, 0.05) is 12.1 Å². The SMILES string of the molecule is O=[N+]([O-])c1ccc(OC(F)(F)C(Cl)Cl)cc1O. The first kappa shape index (κ1) is 13.7. The van der Waals surface area contributed by atoms with Crippen LogP contribution >= 0.6 is 23.2 Å². The molecule has 0 fully saturated rings. The second kappa shape index (κ2) is 4.89. The van der Waals surface area contributed by atoms with Crippen LogP contribution in [0, 0.1) is 10.1 Å². The van der Waals surface area contributed by atoms with Crippen LogP contribution in [0.2, 0.25) is 0 Å². The first-order valence-corrected chi connectivity index (χ1v) is 4.93. The van der Waals surface area contributed by atoms with Crippen LogP contribution in [0.15, 0.2) is 18.2 Å². The summed E-state index contributed by atoms with van der Waals surface area (Å²) in [4.78, 5) is 7.36. The largest absolute Gasteiger partial charge is 0.502 e. The number of phenolic OH excluding ortho intramolecular Hbond substituents is 1. The molecule has 0 aliphatic rings. The Morgan fingerprint density at radius 1 is 1.47 bits per heavy atom. The molecule has 1 rings (SSSR count). The van der Waals surface area contributed by atoms with E-state index in [1.54, 1.807) is 0 Å². The van der Waals surface area contributed by atoms with Gasteiger partial charge in [0.05, 0.1) is 4.92 Å². The van der Waals surface area contributed by atoms with Crippen LogP contribution < -0.4 is 4.74 Å².